The summed E-state index contributed by atoms with van der Waals surface area (Å²) in [6, 6.07) is 16.9. The van der Waals surface area contributed by atoms with Crippen LogP contribution >= 0.6 is 11.3 Å². The number of aromatic nitrogens is 2. The summed E-state index contributed by atoms with van der Waals surface area (Å²) in [5, 5.41) is 12.0. The number of Topliss-reactive ketones (excluding diaryl/α,β-unsaturated/α-hetero) is 1. The van der Waals surface area contributed by atoms with Crippen LogP contribution in [0.25, 0.3) is 21.2 Å². The maximum absolute atomic E-state index is 13.7. The summed E-state index contributed by atoms with van der Waals surface area (Å²) < 4.78 is 12.1. The van der Waals surface area contributed by atoms with Crippen molar-refractivity contribution in [2.75, 3.05) is 12.0 Å². The average Bonchev–Trinajstić information content (AvgIpc) is 3.58. The van der Waals surface area contributed by atoms with E-state index in [0.717, 1.165) is 4.70 Å². The molecule has 1 amide bonds. The number of rotatable bonds is 5. The van der Waals surface area contributed by atoms with Gasteiger partial charge < -0.3 is 14.3 Å². The Labute approximate surface area is 202 Å². The predicted octanol–water partition coefficient (Wildman–Crippen LogP) is 5.23. The fraction of sp³-hybridized carbons (Fsp3) is 0.0769. The minimum atomic E-state index is -0.931. The highest BCUT2D eigenvalue weighted by Gasteiger charge is 2.46. The van der Waals surface area contributed by atoms with E-state index >= 15 is 0 Å². The Balaban J connectivity index is 1.50. The summed E-state index contributed by atoms with van der Waals surface area (Å²) in [5.74, 6) is -1.50. The van der Waals surface area contributed by atoms with Crippen LogP contribution < -0.4 is 9.64 Å². The summed E-state index contributed by atoms with van der Waals surface area (Å²) in [5.41, 5.74) is 1.58. The summed E-state index contributed by atoms with van der Waals surface area (Å²) >= 11 is 1.30. The standard InChI is InChI=1S/C26H17N3O5S/c1-33-17-9-4-6-14-12-18(34-24(14)17)22(30)20-21(15-7-5-11-27-13-15)29(25(32)23(20)31)26-28-16-8-2-3-10-19(16)35-26/h2-13,21,31H,1H3. The molecule has 8 nitrogen and oxygen atoms in total. The van der Waals surface area contributed by atoms with Gasteiger partial charge in [-0.3, -0.25) is 19.5 Å². The Morgan fingerprint density at radius 1 is 1.14 bits per heavy atom. The molecule has 1 aliphatic heterocycles. The van der Waals surface area contributed by atoms with Gasteiger partial charge in [0.05, 0.1) is 28.9 Å². The van der Waals surface area contributed by atoms with Crippen molar-refractivity contribution in [3.05, 3.63) is 95.7 Å². The van der Waals surface area contributed by atoms with E-state index in [1.54, 1.807) is 48.8 Å². The lowest BCUT2D eigenvalue weighted by molar-refractivity contribution is -0.117. The zero-order valence-corrected chi connectivity index (χ0v) is 19.2. The molecule has 0 aliphatic carbocycles. The largest absolute Gasteiger partial charge is 0.503 e. The Morgan fingerprint density at radius 2 is 2.00 bits per heavy atom. The molecule has 3 aromatic heterocycles. The van der Waals surface area contributed by atoms with Gasteiger partial charge in [-0.2, -0.15) is 0 Å². The normalized spacial score (nSPS) is 16.0. The second kappa shape index (κ2) is 8.07. The zero-order chi connectivity index (χ0) is 24.1. The van der Waals surface area contributed by atoms with E-state index in [-0.39, 0.29) is 11.3 Å². The maximum Gasteiger partial charge on any atom is 0.296 e. The van der Waals surface area contributed by atoms with Gasteiger partial charge in [0.25, 0.3) is 5.91 Å². The molecule has 35 heavy (non-hydrogen) atoms. The summed E-state index contributed by atoms with van der Waals surface area (Å²) in [4.78, 5) is 37.2. The molecule has 0 saturated heterocycles. The molecule has 0 spiro atoms. The molecule has 4 heterocycles. The van der Waals surface area contributed by atoms with Crippen molar-refractivity contribution in [3.8, 4) is 5.75 Å². The van der Waals surface area contributed by atoms with E-state index < -0.39 is 23.5 Å². The van der Waals surface area contributed by atoms with Crippen LogP contribution in [0.1, 0.15) is 22.2 Å². The van der Waals surface area contributed by atoms with Gasteiger partial charge in [-0.1, -0.05) is 41.7 Å². The molecule has 1 aliphatic rings. The number of nitrogens with zero attached hydrogens (tertiary/aromatic N) is 3. The number of ketones is 1. The number of fused-ring (bicyclic) bond motifs is 2. The van der Waals surface area contributed by atoms with E-state index in [9.17, 15) is 14.7 Å². The summed E-state index contributed by atoms with van der Waals surface area (Å²) in [6.45, 7) is 0. The van der Waals surface area contributed by atoms with Gasteiger partial charge in [-0.15, -0.1) is 0 Å². The zero-order valence-electron chi connectivity index (χ0n) is 18.3. The first-order valence-electron chi connectivity index (χ1n) is 10.7. The molecule has 9 heteroatoms. The highest BCUT2D eigenvalue weighted by Crippen LogP contribution is 2.44. The second-order valence-electron chi connectivity index (χ2n) is 7.91. The van der Waals surface area contributed by atoms with Gasteiger partial charge in [0, 0.05) is 17.8 Å². The molecule has 2 aromatic carbocycles. The Bertz CT molecular complexity index is 1620. The molecule has 172 valence electrons. The summed E-state index contributed by atoms with van der Waals surface area (Å²) in [6.07, 6.45) is 3.16. The number of carbonyl (C=O) groups is 2. The van der Waals surface area contributed by atoms with Crippen molar-refractivity contribution in [2.24, 2.45) is 0 Å². The fourth-order valence-corrected chi connectivity index (χ4v) is 5.28. The maximum atomic E-state index is 13.7. The van der Waals surface area contributed by atoms with Crippen LogP contribution in [0.15, 0.2) is 88.8 Å². The number of carbonyl (C=O) groups excluding carboxylic acids is 2. The van der Waals surface area contributed by atoms with Crippen molar-refractivity contribution in [2.45, 2.75) is 6.04 Å². The molecular weight excluding hydrogens is 466 g/mol. The Morgan fingerprint density at radius 3 is 2.77 bits per heavy atom. The Kier molecular flexibility index (Phi) is 4.85. The topological polar surface area (TPSA) is 106 Å². The van der Waals surface area contributed by atoms with Crippen molar-refractivity contribution >= 4 is 49.3 Å². The highest BCUT2D eigenvalue weighted by atomic mass is 32.1. The number of hydrogen-bond acceptors (Lipinski definition) is 8. The van der Waals surface area contributed by atoms with Gasteiger partial charge in [0.15, 0.2) is 28.0 Å². The van der Waals surface area contributed by atoms with E-state index in [1.807, 2.05) is 24.3 Å². The minimum Gasteiger partial charge on any atom is -0.503 e. The number of aliphatic hydroxyl groups is 1. The number of methoxy groups -OCH3 is 1. The number of pyridine rings is 1. The van der Waals surface area contributed by atoms with Crippen molar-refractivity contribution in [3.63, 3.8) is 0 Å². The number of thiazole rings is 1. The number of ether oxygens (including phenoxy) is 1. The van der Waals surface area contributed by atoms with E-state index in [2.05, 4.69) is 9.97 Å². The molecular formula is C26H17N3O5S. The van der Waals surface area contributed by atoms with Gasteiger partial charge in [-0.05, 0) is 35.9 Å². The van der Waals surface area contributed by atoms with Crippen molar-refractivity contribution < 1.29 is 23.8 Å². The molecule has 1 atom stereocenters. The molecule has 1 unspecified atom stereocenters. The molecule has 1 N–H and O–H groups in total. The number of furan rings is 1. The van der Waals surface area contributed by atoms with Crippen LogP contribution in [0.5, 0.6) is 5.75 Å². The molecule has 0 radical (unpaired) electrons. The number of amides is 1. The van der Waals surface area contributed by atoms with Gasteiger partial charge in [0.2, 0.25) is 5.78 Å². The van der Waals surface area contributed by atoms with Crippen LogP contribution in [-0.2, 0) is 4.79 Å². The SMILES string of the molecule is COc1cccc2cc(C(=O)C3=C(O)C(=O)N(c4nc5ccccc5s4)C3c3cccnc3)oc12. The lowest BCUT2D eigenvalue weighted by Gasteiger charge is -2.23. The lowest BCUT2D eigenvalue weighted by Crippen LogP contribution is -2.31. The van der Waals surface area contributed by atoms with E-state index in [1.165, 1.54) is 23.3 Å². The first-order valence-corrected chi connectivity index (χ1v) is 11.5. The fourth-order valence-electron chi connectivity index (χ4n) is 4.29. The third kappa shape index (κ3) is 3.28. The van der Waals surface area contributed by atoms with Crippen molar-refractivity contribution in [1.82, 2.24) is 9.97 Å². The van der Waals surface area contributed by atoms with Gasteiger partial charge >= 0.3 is 0 Å². The monoisotopic (exact) mass is 483 g/mol. The molecule has 0 saturated carbocycles. The van der Waals surface area contributed by atoms with Crippen LogP contribution in [0.3, 0.4) is 0 Å². The number of benzene rings is 2. The smallest absolute Gasteiger partial charge is 0.296 e. The molecule has 5 aromatic rings. The van der Waals surface area contributed by atoms with E-state index in [4.69, 9.17) is 9.15 Å². The van der Waals surface area contributed by atoms with Crippen molar-refractivity contribution in [1.29, 1.82) is 0 Å². The first-order chi connectivity index (χ1) is 17.1. The predicted molar refractivity (Wildman–Crippen MR) is 131 cm³/mol. The van der Waals surface area contributed by atoms with Gasteiger partial charge in [0.1, 0.15) is 0 Å². The van der Waals surface area contributed by atoms with Crippen LogP contribution in [0, 0.1) is 0 Å². The quantitative estimate of drug-likeness (QED) is 0.341. The number of anilines is 1. The first kappa shape index (κ1) is 21.1. The van der Waals surface area contributed by atoms with E-state index in [0.29, 0.717) is 32.9 Å². The van der Waals surface area contributed by atoms with Crippen LogP contribution in [-0.4, -0.2) is 33.9 Å². The summed E-state index contributed by atoms with van der Waals surface area (Å²) in [7, 11) is 1.51. The van der Waals surface area contributed by atoms with Crippen LogP contribution in [0.2, 0.25) is 0 Å². The highest BCUT2D eigenvalue weighted by molar-refractivity contribution is 7.22. The third-order valence-electron chi connectivity index (χ3n) is 5.89. The Hall–Kier alpha value is -4.50. The van der Waals surface area contributed by atoms with Gasteiger partial charge in [-0.25, -0.2) is 4.98 Å². The third-order valence-corrected chi connectivity index (χ3v) is 6.93. The molecule has 0 fully saturated rings. The minimum absolute atomic E-state index is 0.0149. The lowest BCUT2D eigenvalue weighted by atomic mass is 9.96. The van der Waals surface area contributed by atoms with Crippen LogP contribution in [0.4, 0.5) is 5.13 Å². The average molecular weight is 484 g/mol. The molecule has 6 rings (SSSR count). The second-order valence-corrected chi connectivity index (χ2v) is 8.92. The molecule has 0 bridgehead atoms. The number of hydrogen-bond donors (Lipinski definition) is 1. The number of aliphatic hydroxyl groups excluding tert-OH is 1. The number of para-hydroxylation sites is 2.